The molecule has 1 aromatic carbocycles. The Labute approximate surface area is 102 Å². The summed E-state index contributed by atoms with van der Waals surface area (Å²) in [6.45, 7) is 7.42. The number of hydrogen-bond donors (Lipinski definition) is 1. The van der Waals surface area contributed by atoms with Crippen LogP contribution in [0.25, 0.3) is 0 Å². The molecule has 0 aliphatic rings. The van der Waals surface area contributed by atoms with Gasteiger partial charge in [-0.1, -0.05) is 32.4 Å². The van der Waals surface area contributed by atoms with Crippen LogP contribution in [0, 0.1) is 23.2 Å². The van der Waals surface area contributed by atoms with E-state index >= 15 is 0 Å². The zero-order valence-corrected chi connectivity index (χ0v) is 10.7. The highest BCUT2D eigenvalue weighted by atomic mass is 35.5. The van der Waals surface area contributed by atoms with Gasteiger partial charge in [0.05, 0.1) is 11.3 Å². The number of nitrogens with zero attached hydrogens (tertiary/aromatic N) is 1. The van der Waals surface area contributed by atoms with Crippen molar-refractivity contribution in [3.63, 3.8) is 0 Å². The van der Waals surface area contributed by atoms with Crippen molar-refractivity contribution in [1.82, 2.24) is 0 Å². The first-order valence-electron chi connectivity index (χ1n) is 5.48. The highest BCUT2D eigenvalue weighted by Crippen LogP contribution is 2.21. The van der Waals surface area contributed by atoms with Crippen molar-refractivity contribution in [2.24, 2.45) is 11.8 Å². The number of benzene rings is 1. The number of anilines is 1. The van der Waals surface area contributed by atoms with E-state index in [1.807, 2.05) is 0 Å². The molecule has 0 radical (unpaired) electrons. The van der Waals surface area contributed by atoms with E-state index < -0.39 is 0 Å². The Morgan fingerprint density at radius 3 is 2.62 bits per heavy atom. The third-order valence-electron chi connectivity index (χ3n) is 2.85. The second kappa shape index (κ2) is 5.77. The van der Waals surface area contributed by atoms with Crippen LogP contribution in [0.2, 0.25) is 5.02 Å². The van der Waals surface area contributed by atoms with E-state index in [9.17, 15) is 0 Å². The van der Waals surface area contributed by atoms with Crippen LogP contribution in [-0.4, -0.2) is 6.54 Å². The van der Waals surface area contributed by atoms with Crippen LogP contribution in [-0.2, 0) is 0 Å². The van der Waals surface area contributed by atoms with Crippen LogP contribution in [0.15, 0.2) is 18.2 Å². The molecule has 1 unspecified atom stereocenters. The third-order valence-corrected chi connectivity index (χ3v) is 3.09. The Bertz CT molecular complexity index is 393. The normalized spacial score (nSPS) is 12.2. The Kier molecular flexibility index (Phi) is 4.64. The molecule has 0 aromatic heterocycles. The van der Waals surface area contributed by atoms with Crippen molar-refractivity contribution in [1.29, 1.82) is 5.26 Å². The SMILES string of the molecule is CC(C)C(C)CNc1cc(Cl)ccc1C#N. The van der Waals surface area contributed by atoms with Crippen molar-refractivity contribution in [2.45, 2.75) is 20.8 Å². The fourth-order valence-electron chi connectivity index (χ4n) is 1.27. The summed E-state index contributed by atoms with van der Waals surface area (Å²) >= 11 is 5.90. The van der Waals surface area contributed by atoms with Crippen LogP contribution in [0.3, 0.4) is 0 Å². The fourth-order valence-corrected chi connectivity index (χ4v) is 1.44. The lowest BCUT2D eigenvalue weighted by Crippen LogP contribution is -2.16. The summed E-state index contributed by atoms with van der Waals surface area (Å²) in [4.78, 5) is 0. The van der Waals surface area contributed by atoms with Crippen LogP contribution < -0.4 is 5.32 Å². The largest absolute Gasteiger partial charge is 0.384 e. The summed E-state index contributed by atoms with van der Waals surface area (Å²) in [6.07, 6.45) is 0. The van der Waals surface area contributed by atoms with Gasteiger partial charge in [-0.05, 0) is 30.0 Å². The maximum absolute atomic E-state index is 8.95. The minimum Gasteiger partial charge on any atom is -0.384 e. The topological polar surface area (TPSA) is 35.8 Å². The summed E-state index contributed by atoms with van der Waals surface area (Å²) in [5.74, 6) is 1.18. The Morgan fingerprint density at radius 2 is 2.06 bits per heavy atom. The second-order valence-electron chi connectivity index (χ2n) is 4.40. The van der Waals surface area contributed by atoms with Gasteiger partial charge in [0, 0.05) is 11.6 Å². The predicted molar refractivity (Wildman–Crippen MR) is 68.7 cm³/mol. The van der Waals surface area contributed by atoms with Gasteiger partial charge in [-0.3, -0.25) is 0 Å². The molecule has 0 spiro atoms. The summed E-state index contributed by atoms with van der Waals surface area (Å²) in [5.41, 5.74) is 1.46. The molecule has 2 nitrogen and oxygen atoms in total. The first-order valence-corrected chi connectivity index (χ1v) is 5.86. The summed E-state index contributed by atoms with van der Waals surface area (Å²) < 4.78 is 0. The molecule has 0 amide bonds. The fraction of sp³-hybridized carbons (Fsp3) is 0.462. The first-order chi connectivity index (χ1) is 7.54. The second-order valence-corrected chi connectivity index (χ2v) is 4.84. The van der Waals surface area contributed by atoms with E-state index in [1.54, 1.807) is 18.2 Å². The Morgan fingerprint density at radius 1 is 1.38 bits per heavy atom. The molecule has 0 saturated heterocycles. The average molecular weight is 237 g/mol. The summed E-state index contributed by atoms with van der Waals surface area (Å²) in [5, 5.41) is 12.9. The van der Waals surface area contributed by atoms with E-state index in [4.69, 9.17) is 16.9 Å². The summed E-state index contributed by atoms with van der Waals surface area (Å²) in [7, 11) is 0. The zero-order chi connectivity index (χ0) is 12.1. The van der Waals surface area contributed by atoms with E-state index in [0.29, 0.717) is 22.4 Å². The minimum absolute atomic E-state index is 0.561. The minimum atomic E-state index is 0.561. The molecule has 1 N–H and O–H groups in total. The lowest BCUT2D eigenvalue weighted by molar-refractivity contribution is 0.440. The highest BCUT2D eigenvalue weighted by Gasteiger charge is 2.08. The number of hydrogen-bond acceptors (Lipinski definition) is 2. The average Bonchev–Trinajstić information content (AvgIpc) is 2.25. The van der Waals surface area contributed by atoms with Gasteiger partial charge in [0.2, 0.25) is 0 Å². The van der Waals surface area contributed by atoms with Crippen molar-refractivity contribution < 1.29 is 0 Å². The molecule has 86 valence electrons. The van der Waals surface area contributed by atoms with Crippen molar-refractivity contribution >= 4 is 17.3 Å². The molecular formula is C13H17ClN2. The molecule has 16 heavy (non-hydrogen) atoms. The molecule has 0 fully saturated rings. The maximum Gasteiger partial charge on any atom is 0.101 e. The van der Waals surface area contributed by atoms with Gasteiger partial charge in [0.25, 0.3) is 0 Å². The Hall–Kier alpha value is -1.20. The van der Waals surface area contributed by atoms with E-state index in [-0.39, 0.29) is 0 Å². The molecular weight excluding hydrogens is 220 g/mol. The molecule has 1 atom stereocenters. The highest BCUT2D eigenvalue weighted by molar-refractivity contribution is 6.30. The third kappa shape index (κ3) is 3.43. The molecule has 0 heterocycles. The lowest BCUT2D eigenvalue weighted by atomic mass is 9.98. The molecule has 0 saturated carbocycles. The van der Waals surface area contributed by atoms with Gasteiger partial charge >= 0.3 is 0 Å². The smallest absolute Gasteiger partial charge is 0.101 e. The van der Waals surface area contributed by atoms with Crippen molar-refractivity contribution in [3.8, 4) is 6.07 Å². The monoisotopic (exact) mass is 236 g/mol. The van der Waals surface area contributed by atoms with Gasteiger partial charge in [-0.25, -0.2) is 0 Å². The molecule has 1 aromatic rings. The lowest BCUT2D eigenvalue weighted by Gasteiger charge is -2.17. The quantitative estimate of drug-likeness (QED) is 0.860. The molecule has 0 aliphatic heterocycles. The van der Waals surface area contributed by atoms with Crippen LogP contribution in [0.5, 0.6) is 0 Å². The molecule has 0 aliphatic carbocycles. The number of halogens is 1. The van der Waals surface area contributed by atoms with Gasteiger partial charge in [-0.2, -0.15) is 5.26 Å². The standard InChI is InChI=1S/C13H17ClN2/c1-9(2)10(3)8-16-13-6-12(14)5-4-11(13)7-15/h4-6,9-10,16H,8H2,1-3H3. The van der Waals surface area contributed by atoms with Crippen molar-refractivity contribution in [2.75, 3.05) is 11.9 Å². The number of rotatable bonds is 4. The molecule has 3 heteroatoms. The predicted octanol–water partition coefficient (Wildman–Crippen LogP) is 3.92. The molecule has 1 rings (SSSR count). The Balaban J connectivity index is 2.73. The van der Waals surface area contributed by atoms with Crippen LogP contribution >= 0.6 is 11.6 Å². The van der Waals surface area contributed by atoms with Crippen LogP contribution in [0.1, 0.15) is 26.3 Å². The van der Waals surface area contributed by atoms with Crippen molar-refractivity contribution in [3.05, 3.63) is 28.8 Å². The van der Waals surface area contributed by atoms with Gasteiger partial charge < -0.3 is 5.32 Å². The van der Waals surface area contributed by atoms with Gasteiger partial charge in [0.15, 0.2) is 0 Å². The zero-order valence-electron chi connectivity index (χ0n) is 9.92. The van der Waals surface area contributed by atoms with Gasteiger partial charge in [-0.15, -0.1) is 0 Å². The maximum atomic E-state index is 8.95. The molecule has 0 bridgehead atoms. The van der Waals surface area contributed by atoms with E-state index in [1.165, 1.54) is 0 Å². The van der Waals surface area contributed by atoms with Crippen LogP contribution in [0.4, 0.5) is 5.69 Å². The first kappa shape index (κ1) is 12.9. The number of nitrogens with one attached hydrogen (secondary N) is 1. The van der Waals surface area contributed by atoms with E-state index in [0.717, 1.165) is 12.2 Å². The number of nitriles is 1. The summed E-state index contributed by atoms with van der Waals surface area (Å²) in [6, 6.07) is 7.43. The van der Waals surface area contributed by atoms with Gasteiger partial charge in [0.1, 0.15) is 6.07 Å². The van der Waals surface area contributed by atoms with E-state index in [2.05, 4.69) is 32.2 Å².